The Bertz CT molecular complexity index is 552. The fourth-order valence-corrected chi connectivity index (χ4v) is 2.70. The van der Waals surface area contributed by atoms with Gasteiger partial charge in [0.1, 0.15) is 5.75 Å². The van der Waals surface area contributed by atoms with E-state index in [0.717, 1.165) is 16.9 Å². The zero-order valence-corrected chi connectivity index (χ0v) is 12.1. The summed E-state index contributed by atoms with van der Waals surface area (Å²) in [6, 6.07) is 13.0. The normalized spacial score (nSPS) is 12.2. The van der Waals surface area contributed by atoms with E-state index in [9.17, 15) is 0 Å². The van der Waals surface area contributed by atoms with Gasteiger partial charge in [-0.25, -0.2) is 0 Å². The van der Waals surface area contributed by atoms with Crippen LogP contribution in [0.2, 0.25) is 10.0 Å². The van der Waals surface area contributed by atoms with E-state index in [4.69, 9.17) is 33.7 Å². The Morgan fingerprint density at radius 1 is 1.11 bits per heavy atom. The number of rotatable bonds is 4. The number of hydrogen-bond donors (Lipinski definition) is 1. The molecule has 0 aliphatic heterocycles. The lowest BCUT2D eigenvalue weighted by Crippen LogP contribution is -2.14. The number of halogens is 2. The van der Waals surface area contributed by atoms with E-state index in [0.29, 0.717) is 16.5 Å². The quantitative estimate of drug-likeness (QED) is 0.915. The minimum atomic E-state index is -0.242. The third-order valence-corrected chi connectivity index (χ3v) is 3.62. The Morgan fingerprint density at radius 3 is 2.37 bits per heavy atom. The Labute approximate surface area is 123 Å². The summed E-state index contributed by atoms with van der Waals surface area (Å²) in [5.41, 5.74) is 8.08. The first kappa shape index (κ1) is 14.2. The third kappa shape index (κ3) is 3.41. The van der Waals surface area contributed by atoms with Crippen LogP contribution in [0.4, 0.5) is 0 Å². The molecule has 2 N–H and O–H groups in total. The smallest absolute Gasteiger partial charge is 0.119 e. The highest BCUT2D eigenvalue weighted by Crippen LogP contribution is 2.31. The van der Waals surface area contributed by atoms with Gasteiger partial charge in [0.2, 0.25) is 0 Å². The van der Waals surface area contributed by atoms with Crippen LogP contribution in [-0.4, -0.2) is 7.11 Å². The van der Waals surface area contributed by atoms with Crippen molar-refractivity contribution in [2.24, 2.45) is 5.73 Å². The van der Waals surface area contributed by atoms with Crippen LogP contribution in [-0.2, 0) is 6.42 Å². The topological polar surface area (TPSA) is 35.2 Å². The van der Waals surface area contributed by atoms with Gasteiger partial charge in [-0.15, -0.1) is 0 Å². The van der Waals surface area contributed by atoms with Crippen molar-refractivity contribution in [3.05, 3.63) is 63.6 Å². The second kappa shape index (κ2) is 6.29. The molecule has 1 unspecified atom stereocenters. The van der Waals surface area contributed by atoms with E-state index in [1.54, 1.807) is 19.2 Å². The van der Waals surface area contributed by atoms with Crippen molar-refractivity contribution in [3.63, 3.8) is 0 Å². The maximum atomic E-state index is 6.21. The fraction of sp³-hybridized carbons (Fsp3) is 0.200. The second-order valence-electron chi connectivity index (χ2n) is 4.30. The van der Waals surface area contributed by atoms with Gasteiger partial charge >= 0.3 is 0 Å². The van der Waals surface area contributed by atoms with Crippen molar-refractivity contribution < 1.29 is 4.74 Å². The van der Waals surface area contributed by atoms with Crippen LogP contribution in [0.15, 0.2) is 42.5 Å². The summed E-state index contributed by atoms with van der Waals surface area (Å²) in [7, 11) is 1.64. The molecule has 0 aromatic heterocycles. The van der Waals surface area contributed by atoms with Crippen molar-refractivity contribution >= 4 is 23.2 Å². The van der Waals surface area contributed by atoms with Crippen LogP contribution in [0.5, 0.6) is 5.75 Å². The first-order valence-electron chi connectivity index (χ1n) is 5.94. The van der Waals surface area contributed by atoms with E-state index in [1.165, 1.54) is 0 Å². The van der Waals surface area contributed by atoms with Crippen LogP contribution < -0.4 is 10.5 Å². The Balaban J connectivity index is 2.23. The van der Waals surface area contributed by atoms with Crippen LogP contribution >= 0.6 is 23.2 Å². The monoisotopic (exact) mass is 295 g/mol. The van der Waals surface area contributed by atoms with Gasteiger partial charge in [-0.1, -0.05) is 41.4 Å². The number of hydrogen-bond acceptors (Lipinski definition) is 2. The largest absolute Gasteiger partial charge is 0.497 e. The highest BCUT2D eigenvalue weighted by molar-refractivity contribution is 6.36. The van der Waals surface area contributed by atoms with E-state index in [-0.39, 0.29) is 6.04 Å². The molecule has 19 heavy (non-hydrogen) atoms. The van der Waals surface area contributed by atoms with E-state index in [1.807, 2.05) is 30.3 Å². The number of methoxy groups -OCH3 is 1. The molecule has 0 heterocycles. The molecule has 0 bridgehead atoms. The molecule has 2 aromatic carbocycles. The first-order valence-corrected chi connectivity index (χ1v) is 6.70. The molecule has 4 heteroatoms. The zero-order chi connectivity index (χ0) is 13.8. The summed E-state index contributed by atoms with van der Waals surface area (Å²) < 4.78 is 5.20. The maximum Gasteiger partial charge on any atom is 0.119 e. The van der Waals surface area contributed by atoms with E-state index in [2.05, 4.69) is 0 Å². The fourth-order valence-electron chi connectivity index (χ4n) is 2.02. The molecule has 0 amide bonds. The van der Waals surface area contributed by atoms with Crippen molar-refractivity contribution in [1.82, 2.24) is 0 Å². The molecular formula is C15H15Cl2NO. The molecule has 0 aliphatic rings. The Hall–Kier alpha value is -1.22. The minimum absolute atomic E-state index is 0.242. The highest BCUT2D eigenvalue weighted by atomic mass is 35.5. The second-order valence-corrected chi connectivity index (χ2v) is 5.11. The van der Waals surface area contributed by atoms with E-state index >= 15 is 0 Å². The first-order chi connectivity index (χ1) is 9.11. The molecule has 2 nitrogen and oxygen atoms in total. The molecule has 0 aliphatic carbocycles. The average Bonchev–Trinajstić information content (AvgIpc) is 2.38. The predicted molar refractivity (Wildman–Crippen MR) is 80.1 cm³/mol. The van der Waals surface area contributed by atoms with Crippen molar-refractivity contribution in [2.45, 2.75) is 12.5 Å². The molecule has 0 radical (unpaired) electrons. The van der Waals surface area contributed by atoms with Crippen molar-refractivity contribution in [1.29, 1.82) is 0 Å². The number of ether oxygens (including phenoxy) is 1. The molecule has 1 atom stereocenters. The Morgan fingerprint density at radius 2 is 1.74 bits per heavy atom. The molecular weight excluding hydrogens is 281 g/mol. The Kier molecular flexibility index (Phi) is 4.70. The molecule has 2 aromatic rings. The summed E-state index contributed by atoms with van der Waals surface area (Å²) >= 11 is 12.3. The maximum absolute atomic E-state index is 6.21. The molecule has 2 rings (SSSR count). The van der Waals surface area contributed by atoms with Gasteiger partial charge < -0.3 is 10.5 Å². The van der Waals surface area contributed by atoms with Crippen LogP contribution in [0.25, 0.3) is 0 Å². The van der Waals surface area contributed by atoms with Gasteiger partial charge in [0, 0.05) is 21.7 Å². The van der Waals surface area contributed by atoms with Gasteiger partial charge in [-0.05, 0) is 36.2 Å². The summed E-state index contributed by atoms with van der Waals surface area (Å²) in [5.74, 6) is 0.815. The summed E-state index contributed by atoms with van der Waals surface area (Å²) in [6.07, 6.45) is 0.653. The number of benzene rings is 2. The minimum Gasteiger partial charge on any atom is -0.497 e. The highest BCUT2D eigenvalue weighted by Gasteiger charge is 2.14. The van der Waals surface area contributed by atoms with Gasteiger partial charge in [0.25, 0.3) is 0 Å². The van der Waals surface area contributed by atoms with Gasteiger partial charge in [-0.2, -0.15) is 0 Å². The van der Waals surface area contributed by atoms with Crippen molar-refractivity contribution in [3.8, 4) is 5.75 Å². The van der Waals surface area contributed by atoms with E-state index < -0.39 is 0 Å². The molecule has 0 spiro atoms. The summed E-state index contributed by atoms with van der Waals surface area (Å²) in [4.78, 5) is 0. The van der Waals surface area contributed by atoms with Gasteiger partial charge in [0.15, 0.2) is 0 Å². The predicted octanol–water partition coefficient (Wildman–Crippen LogP) is 4.24. The SMILES string of the molecule is COc1cccc(CC(N)c2c(Cl)cccc2Cl)c1. The molecule has 0 fully saturated rings. The zero-order valence-electron chi connectivity index (χ0n) is 10.6. The van der Waals surface area contributed by atoms with Gasteiger partial charge in [-0.3, -0.25) is 0 Å². The summed E-state index contributed by atoms with van der Waals surface area (Å²) in [6.45, 7) is 0. The van der Waals surface area contributed by atoms with Crippen molar-refractivity contribution in [2.75, 3.05) is 7.11 Å². The average molecular weight is 296 g/mol. The third-order valence-electron chi connectivity index (χ3n) is 2.96. The summed E-state index contributed by atoms with van der Waals surface area (Å²) in [5, 5.41) is 1.20. The molecule has 0 saturated carbocycles. The lowest BCUT2D eigenvalue weighted by atomic mass is 9.99. The van der Waals surface area contributed by atoms with Crippen LogP contribution in [0.1, 0.15) is 17.2 Å². The number of nitrogens with two attached hydrogens (primary N) is 1. The van der Waals surface area contributed by atoms with Crippen LogP contribution in [0, 0.1) is 0 Å². The van der Waals surface area contributed by atoms with Crippen LogP contribution in [0.3, 0.4) is 0 Å². The van der Waals surface area contributed by atoms with Gasteiger partial charge in [0.05, 0.1) is 7.11 Å². The lowest BCUT2D eigenvalue weighted by molar-refractivity contribution is 0.414. The lowest BCUT2D eigenvalue weighted by Gasteiger charge is -2.16. The molecule has 100 valence electrons. The standard InChI is InChI=1S/C15H15Cl2NO/c1-19-11-5-2-4-10(8-11)9-14(18)15-12(16)6-3-7-13(15)17/h2-8,14H,9,18H2,1H3. The molecule has 0 saturated heterocycles.